The number of aromatic hydroxyl groups is 1. The Kier molecular flexibility index (Phi) is 7.15. The summed E-state index contributed by atoms with van der Waals surface area (Å²) in [5.74, 6) is -1.80. The number of benzene rings is 1. The minimum absolute atomic E-state index is 0.00545. The summed E-state index contributed by atoms with van der Waals surface area (Å²) in [5.41, 5.74) is 0.377. The maximum Gasteiger partial charge on any atom is 0.267 e. The average Bonchev–Trinajstić information content (AvgIpc) is 3.17. The minimum atomic E-state index is -3.41. The number of halogens is 1. The van der Waals surface area contributed by atoms with E-state index in [1.165, 1.54) is 27.2 Å². The van der Waals surface area contributed by atoms with Gasteiger partial charge in [0.05, 0.1) is 17.9 Å². The maximum atomic E-state index is 13.3. The first kappa shape index (κ1) is 24.8. The highest BCUT2D eigenvalue weighted by Gasteiger charge is 2.29. The summed E-state index contributed by atoms with van der Waals surface area (Å²) in [4.78, 5) is 30.2. The van der Waals surface area contributed by atoms with E-state index in [-0.39, 0.29) is 48.8 Å². The standard InChI is InChI=1S/C23H25FN4O6S/c24-17-4-2-15(3-5-17)12-16-13-18-20(26-14-16)21(30)19(22(31)25-6-10-29)23(32)28(18)9-8-27-7-1-11-35(27,33)34/h2-5,13-14,29-30H,1,6-12H2,(H,25,31). The Labute approximate surface area is 200 Å². The lowest BCUT2D eigenvalue weighted by Crippen LogP contribution is -2.37. The summed E-state index contributed by atoms with van der Waals surface area (Å²) in [6.45, 7) is -0.179. The van der Waals surface area contributed by atoms with Crippen molar-refractivity contribution in [2.45, 2.75) is 19.4 Å². The number of aliphatic hydroxyl groups excluding tert-OH is 1. The lowest BCUT2D eigenvalue weighted by molar-refractivity contribution is 0.0940. The molecule has 0 saturated carbocycles. The molecule has 0 atom stereocenters. The van der Waals surface area contributed by atoms with Crippen molar-refractivity contribution in [1.29, 1.82) is 0 Å². The Morgan fingerprint density at radius 3 is 2.57 bits per heavy atom. The van der Waals surface area contributed by atoms with Crippen molar-refractivity contribution in [3.63, 3.8) is 0 Å². The summed E-state index contributed by atoms with van der Waals surface area (Å²) in [6, 6.07) is 7.55. The number of carbonyl (C=O) groups excluding carboxylic acids is 1. The van der Waals surface area contributed by atoms with Crippen LogP contribution < -0.4 is 10.9 Å². The Balaban J connectivity index is 1.79. The van der Waals surface area contributed by atoms with Gasteiger partial charge in [0.25, 0.3) is 11.5 Å². The van der Waals surface area contributed by atoms with Crippen LogP contribution in [0.1, 0.15) is 27.9 Å². The summed E-state index contributed by atoms with van der Waals surface area (Å²) in [7, 11) is -3.41. The lowest BCUT2D eigenvalue weighted by atomic mass is 10.1. The van der Waals surface area contributed by atoms with E-state index in [0.29, 0.717) is 24.9 Å². The molecule has 10 nitrogen and oxygen atoms in total. The van der Waals surface area contributed by atoms with E-state index in [0.717, 1.165) is 5.56 Å². The fraction of sp³-hybridized carbons (Fsp3) is 0.348. The molecule has 0 aliphatic carbocycles. The zero-order chi connectivity index (χ0) is 25.2. The van der Waals surface area contributed by atoms with Gasteiger partial charge in [-0.3, -0.25) is 14.6 Å². The number of nitrogens with one attached hydrogen (secondary N) is 1. The van der Waals surface area contributed by atoms with Crippen molar-refractivity contribution in [2.75, 3.05) is 32.0 Å². The number of carbonyl (C=O) groups is 1. The molecule has 4 rings (SSSR count). The zero-order valence-electron chi connectivity index (χ0n) is 18.8. The summed E-state index contributed by atoms with van der Waals surface area (Å²) < 4.78 is 40.2. The quantitative estimate of drug-likeness (QED) is 0.408. The highest BCUT2D eigenvalue weighted by atomic mass is 32.2. The fourth-order valence-corrected chi connectivity index (χ4v) is 5.64. The molecule has 2 aromatic heterocycles. The van der Waals surface area contributed by atoms with Gasteiger partial charge in [-0.1, -0.05) is 12.1 Å². The van der Waals surface area contributed by atoms with Gasteiger partial charge in [-0.15, -0.1) is 0 Å². The molecule has 0 bridgehead atoms. The van der Waals surface area contributed by atoms with Gasteiger partial charge in [-0.2, -0.15) is 0 Å². The number of aliphatic hydroxyl groups is 1. The van der Waals surface area contributed by atoms with Gasteiger partial charge in [-0.05, 0) is 42.2 Å². The van der Waals surface area contributed by atoms with Gasteiger partial charge >= 0.3 is 0 Å². The molecular formula is C23H25FN4O6S. The first-order chi connectivity index (χ1) is 16.7. The van der Waals surface area contributed by atoms with Crippen molar-refractivity contribution >= 4 is 27.0 Å². The molecule has 12 heteroatoms. The fourth-order valence-electron chi connectivity index (χ4n) is 4.12. The van der Waals surface area contributed by atoms with Crippen LogP contribution in [-0.2, 0) is 23.0 Å². The lowest BCUT2D eigenvalue weighted by Gasteiger charge is -2.18. The SMILES string of the molecule is O=C(NCCO)c1c(O)c2ncc(Cc3ccc(F)cc3)cc2n(CCN2CCCS2(=O)=O)c1=O. The van der Waals surface area contributed by atoms with Crippen molar-refractivity contribution in [2.24, 2.45) is 0 Å². The van der Waals surface area contributed by atoms with E-state index in [9.17, 15) is 27.5 Å². The van der Waals surface area contributed by atoms with Crippen LogP contribution in [0.3, 0.4) is 0 Å². The summed E-state index contributed by atoms with van der Waals surface area (Å²) >= 11 is 0. The third-order valence-corrected chi connectivity index (χ3v) is 7.81. The van der Waals surface area contributed by atoms with Crippen molar-refractivity contribution in [3.8, 4) is 5.75 Å². The van der Waals surface area contributed by atoms with Crippen LogP contribution in [0.25, 0.3) is 11.0 Å². The van der Waals surface area contributed by atoms with Gasteiger partial charge in [0, 0.05) is 32.4 Å². The van der Waals surface area contributed by atoms with Gasteiger partial charge in [0.2, 0.25) is 10.0 Å². The second-order valence-corrected chi connectivity index (χ2v) is 10.3. The second kappa shape index (κ2) is 10.1. The third-order valence-electron chi connectivity index (χ3n) is 5.86. The number of nitrogens with zero attached hydrogens (tertiary/aromatic N) is 3. The molecule has 3 aromatic rings. The molecule has 1 aliphatic heterocycles. The number of rotatable bonds is 8. The number of amides is 1. The van der Waals surface area contributed by atoms with E-state index < -0.39 is 32.8 Å². The number of aromatic nitrogens is 2. The number of pyridine rings is 2. The molecule has 3 heterocycles. The highest BCUT2D eigenvalue weighted by Crippen LogP contribution is 2.26. The van der Waals surface area contributed by atoms with Gasteiger partial charge in [0.15, 0.2) is 5.75 Å². The molecule has 3 N–H and O–H groups in total. The van der Waals surface area contributed by atoms with Crippen LogP contribution in [-0.4, -0.2) is 70.4 Å². The predicted molar refractivity (Wildman–Crippen MR) is 126 cm³/mol. The number of hydrogen-bond donors (Lipinski definition) is 3. The van der Waals surface area contributed by atoms with Crippen LogP contribution in [0.15, 0.2) is 41.3 Å². The summed E-state index contributed by atoms with van der Waals surface area (Å²) in [6.07, 6.45) is 2.35. The van der Waals surface area contributed by atoms with Crippen LogP contribution in [0.5, 0.6) is 5.75 Å². The molecular weight excluding hydrogens is 479 g/mol. The third kappa shape index (κ3) is 5.19. The van der Waals surface area contributed by atoms with E-state index in [1.807, 2.05) is 0 Å². The Bertz CT molecular complexity index is 1420. The summed E-state index contributed by atoms with van der Waals surface area (Å²) in [5, 5.41) is 22.1. The molecule has 1 fully saturated rings. The number of hydrogen-bond acceptors (Lipinski definition) is 7. The normalized spacial score (nSPS) is 15.5. The molecule has 35 heavy (non-hydrogen) atoms. The molecule has 1 saturated heterocycles. The highest BCUT2D eigenvalue weighted by molar-refractivity contribution is 7.89. The van der Waals surface area contributed by atoms with E-state index in [4.69, 9.17) is 5.11 Å². The van der Waals surface area contributed by atoms with Crippen LogP contribution in [0.2, 0.25) is 0 Å². The van der Waals surface area contributed by atoms with E-state index in [1.54, 1.807) is 18.2 Å². The first-order valence-corrected chi connectivity index (χ1v) is 12.7. The molecule has 186 valence electrons. The average molecular weight is 505 g/mol. The van der Waals surface area contributed by atoms with E-state index >= 15 is 0 Å². The van der Waals surface area contributed by atoms with Gasteiger partial charge in [-0.25, -0.2) is 17.1 Å². The molecule has 0 radical (unpaired) electrons. The van der Waals surface area contributed by atoms with Gasteiger partial charge in [0.1, 0.15) is 16.9 Å². The molecule has 0 unspecified atom stereocenters. The predicted octanol–water partition coefficient (Wildman–Crippen LogP) is 0.590. The number of sulfonamides is 1. The van der Waals surface area contributed by atoms with Gasteiger partial charge < -0.3 is 20.1 Å². The van der Waals surface area contributed by atoms with Crippen molar-refractivity contribution in [3.05, 3.63) is 69.4 Å². The smallest absolute Gasteiger partial charge is 0.267 e. The topological polar surface area (TPSA) is 142 Å². The first-order valence-electron chi connectivity index (χ1n) is 11.1. The monoisotopic (exact) mass is 504 g/mol. The Hall–Kier alpha value is -3.35. The molecule has 1 amide bonds. The maximum absolute atomic E-state index is 13.3. The Morgan fingerprint density at radius 2 is 1.91 bits per heavy atom. The minimum Gasteiger partial charge on any atom is -0.505 e. The van der Waals surface area contributed by atoms with Crippen LogP contribution in [0.4, 0.5) is 4.39 Å². The number of fused-ring (bicyclic) bond motifs is 1. The molecule has 1 aromatic carbocycles. The zero-order valence-corrected chi connectivity index (χ0v) is 19.6. The molecule has 1 aliphatic rings. The Morgan fingerprint density at radius 1 is 1.17 bits per heavy atom. The second-order valence-electron chi connectivity index (χ2n) is 8.24. The van der Waals surface area contributed by atoms with Crippen molar-refractivity contribution < 1.29 is 27.8 Å². The molecule has 0 spiro atoms. The van der Waals surface area contributed by atoms with Crippen LogP contribution >= 0.6 is 0 Å². The van der Waals surface area contributed by atoms with E-state index in [2.05, 4.69) is 10.3 Å². The largest absolute Gasteiger partial charge is 0.505 e. The van der Waals surface area contributed by atoms with Crippen LogP contribution in [0, 0.1) is 5.82 Å². The van der Waals surface area contributed by atoms with Crippen molar-refractivity contribution in [1.82, 2.24) is 19.2 Å².